The van der Waals surface area contributed by atoms with E-state index >= 15 is 0 Å². The van der Waals surface area contributed by atoms with Crippen molar-refractivity contribution in [1.29, 1.82) is 0 Å². The molecule has 5 nitrogen and oxygen atoms in total. The average Bonchev–Trinajstić information content (AvgIpc) is 3.73. The lowest BCUT2D eigenvalue weighted by molar-refractivity contribution is 0.0278. The van der Waals surface area contributed by atoms with Crippen molar-refractivity contribution in [3.05, 3.63) is 101 Å². The molecule has 178 valence electrons. The summed E-state index contributed by atoms with van der Waals surface area (Å²) in [5.41, 5.74) is 3.04. The van der Waals surface area contributed by atoms with Crippen LogP contribution in [0.3, 0.4) is 0 Å². The normalized spacial score (nSPS) is 20.1. The molecule has 5 heteroatoms. The molecule has 3 aromatic carbocycles. The highest BCUT2D eigenvalue weighted by Gasteiger charge is 2.58. The molecule has 0 amide bonds. The summed E-state index contributed by atoms with van der Waals surface area (Å²) in [6, 6.07) is 23.7. The van der Waals surface area contributed by atoms with Crippen molar-refractivity contribution in [3.63, 3.8) is 0 Å². The summed E-state index contributed by atoms with van der Waals surface area (Å²) in [6.07, 6.45) is 2.36. The minimum Gasteiger partial charge on any atom is -0.496 e. The van der Waals surface area contributed by atoms with Gasteiger partial charge in [0.15, 0.2) is 17.1 Å². The Morgan fingerprint density at radius 2 is 1.49 bits per heavy atom. The zero-order chi connectivity index (χ0) is 24.0. The first-order valence-electron chi connectivity index (χ1n) is 12.5. The molecule has 1 heterocycles. The Kier molecular flexibility index (Phi) is 5.54. The first kappa shape index (κ1) is 22.2. The number of ketones is 2. The molecular weight excluding hydrogens is 436 g/mol. The molecule has 0 unspecified atom stereocenters. The summed E-state index contributed by atoms with van der Waals surface area (Å²) in [5.74, 6) is 1.28. The van der Waals surface area contributed by atoms with Gasteiger partial charge in [0.1, 0.15) is 5.75 Å². The molecule has 1 aliphatic heterocycles. The van der Waals surface area contributed by atoms with E-state index in [1.54, 1.807) is 19.2 Å². The Morgan fingerprint density at radius 3 is 2.14 bits per heavy atom. The van der Waals surface area contributed by atoms with Gasteiger partial charge in [-0.15, -0.1) is 0 Å². The summed E-state index contributed by atoms with van der Waals surface area (Å²) < 4.78 is 5.54. The second-order valence-corrected chi connectivity index (χ2v) is 9.89. The van der Waals surface area contributed by atoms with Crippen LogP contribution >= 0.6 is 0 Å². The number of ether oxygens (including phenoxy) is 1. The summed E-state index contributed by atoms with van der Waals surface area (Å²) in [6.45, 7) is 3.63. The van der Waals surface area contributed by atoms with Crippen molar-refractivity contribution in [2.75, 3.05) is 33.3 Å². The highest BCUT2D eigenvalue weighted by Crippen LogP contribution is 2.46. The van der Waals surface area contributed by atoms with Crippen LogP contribution < -0.4 is 4.74 Å². The molecule has 3 aliphatic rings. The van der Waals surface area contributed by atoms with Crippen LogP contribution in [0.15, 0.2) is 72.8 Å². The van der Waals surface area contributed by atoms with Crippen LogP contribution in [-0.4, -0.2) is 54.7 Å². The van der Waals surface area contributed by atoms with E-state index in [4.69, 9.17) is 4.74 Å². The number of methoxy groups -OCH3 is 1. The molecule has 0 aromatic heterocycles. The second kappa shape index (κ2) is 8.74. The van der Waals surface area contributed by atoms with Gasteiger partial charge in [-0.25, -0.2) is 0 Å². The van der Waals surface area contributed by atoms with Crippen LogP contribution in [0.25, 0.3) is 0 Å². The summed E-state index contributed by atoms with van der Waals surface area (Å²) in [5, 5.41) is 0. The SMILES string of the molecule is COc1ccccc1CN1CCN(C2(c3cccc(C4CC4)c3)C(=O)c3ccccc3C2=O)CC1. The number of rotatable bonds is 6. The van der Waals surface area contributed by atoms with Gasteiger partial charge < -0.3 is 4.74 Å². The van der Waals surface area contributed by atoms with Gasteiger partial charge in [-0.1, -0.05) is 66.7 Å². The van der Waals surface area contributed by atoms with Crippen molar-refractivity contribution >= 4 is 11.6 Å². The van der Waals surface area contributed by atoms with Crippen LogP contribution in [0.4, 0.5) is 0 Å². The fraction of sp³-hybridized carbons (Fsp3) is 0.333. The number of carbonyl (C=O) groups excluding carboxylic acids is 2. The lowest BCUT2D eigenvalue weighted by Crippen LogP contribution is -2.60. The largest absolute Gasteiger partial charge is 0.496 e. The van der Waals surface area contributed by atoms with E-state index in [0.29, 0.717) is 30.1 Å². The van der Waals surface area contributed by atoms with Crippen molar-refractivity contribution < 1.29 is 14.3 Å². The minimum atomic E-state index is -1.27. The summed E-state index contributed by atoms with van der Waals surface area (Å²) >= 11 is 0. The lowest BCUT2D eigenvalue weighted by atomic mass is 9.81. The predicted octanol–water partition coefficient (Wildman–Crippen LogP) is 4.66. The molecule has 0 atom stereocenters. The highest BCUT2D eigenvalue weighted by atomic mass is 16.5. The maximum absolute atomic E-state index is 14.1. The van der Waals surface area contributed by atoms with Crippen LogP contribution in [0.5, 0.6) is 5.75 Å². The van der Waals surface area contributed by atoms with E-state index in [1.807, 2.05) is 42.5 Å². The van der Waals surface area contributed by atoms with E-state index in [-0.39, 0.29) is 11.6 Å². The number of Topliss-reactive ketones (excluding diaryl/α,β-unsaturated/α-hetero) is 2. The summed E-state index contributed by atoms with van der Waals surface area (Å²) in [7, 11) is 1.70. The van der Waals surface area contributed by atoms with E-state index in [0.717, 1.165) is 36.5 Å². The van der Waals surface area contributed by atoms with E-state index in [1.165, 1.54) is 18.4 Å². The number of nitrogens with zero attached hydrogens (tertiary/aromatic N) is 2. The number of benzene rings is 3. The van der Waals surface area contributed by atoms with Crippen LogP contribution in [0.2, 0.25) is 0 Å². The number of hydrogen-bond acceptors (Lipinski definition) is 5. The van der Waals surface area contributed by atoms with Gasteiger partial charge in [-0.05, 0) is 36.0 Å². The van der Waals surface area contributed by atoms with Gasteiger partial charge in [0.05, 0.1) is 7.11 Å². The zero-order valence-electron chi connectivity index (χ0n) is 20.1. The molecule has 0 N–H and O–H groups in total. The quantitative estimate of drug-likeness (QED) is 0.495. The highest BCUT2D eigenvalue weighted by molar-refractivity contribution is 6.32. The first-order valence-corrected chi connectivity index (χ1v) is 12.5. The molecule has 6 rings (SSSR count). The average molecular weight is 467 g/mol. The molecule has 1 saturated heterocycles. The van der Waals surface area contributed by atoms with E-state index in [2.05, 4.69) is 28.0 Å². The van der Waals surface area contributed by atoms with Gasteiger partial charge >= 0.3 is 0 Å². The molecule has 35 heavy (non-hydrogen) atoms. The van der Waals surface area contributed by atoms with Crippen molar-refractivity contribution in [3.8, 4) is 5.75 Å². The van der Waals surface area contributed by atoms with Gasteiger partial charge in [-0.2, -0.15) is 0 Å². The topological polar surface area (TPSA) is 49.9 Å². The van der Waals surface area contributed by atoms with Crippen molar-refractivity contribution in [2.24, 2.45) is 0 Å². The fourth-order valence-electron chi connectivity index (χ4n) is 5.85. The Hall–Kier alpha value is -3.28. The fourth-order valence-corrected chi connectivity index (χ4v) is 5.85. The maximum Gasteiger partial charge on any atom is 0.196 e. The maximum atomic E-state index is 14.1. The lowest BCUT2D eigenvalue weighted by Gasteiger charge is -2.44. The van der Waals surface area contributed by atoms with Crippen molar-refractivity contribution in [1.82, 2.24) is 9.80 Å². The minimum absolute atomic E-state index is 0.0794. The Morgan fingerprint density at radius 1 is 0.829 bits per heavy atom. The van der Waals surface area contributed by atoms with Gasteiger partial charge in [0.2, 0.25) is 0 Å². The van der Waals surface area contributed by atoms with Crippen LogP contribution in [0, 0.1) is 0 Å². The van der Waals surface area contributed by atoms with E-state index < -0.39 is 5.54 Å². The van der Waals surface area contributed by atoms with Gasteiger partial charge in [0.25, 0.3) is 0 Å². The Bertz CT molecular complexity index is 1250. The molecule has 2 aliphatic carbocycles. The van der Waals surface area contributed by atoms with Crippen molar-refractivity contribution in [2.45, 2.75) is 30.8 Å². The third-order valence-corrected chi connectivity index (χ3v) is 7.86. The molecule has 3 aromatic rings. The third kappa shape index (κ3) is 3.62. The van der Waals surface area contributed by atoms with Gasteiger partial charge in [0, 0.05) is 49.4 Å². The second-order valence-electron chi connectivity index (χ2n) is 9.89. The summed E-state index contributed by atoms with van der Waals surface area (Å²) in [4.78, 5) is 32.7. The molecular formula is C30H30N2O3. The number of hydrogen-bond donors (Lipinski definition) is 0. The molecule has 1 saturated carbocycles. The number of fused-ring (bicyclic) bond motifs is 1. The Balaban J connectivity index is 1.33. The zero-order valence-corrected chi connectivity index (χ0v) is 20.1. The number of piperazine rings is 1. The van der Waals surface area contributed by atoms with E-state index in [9.17, 15) is 9.59 Å². The molecule has 0 spiro atoms. The number of para-hydroxylation sites is 1. The monoisotopic (exact) mass is 466 g/mol. The van der Waals surface area contributed by atoms with Gasteiger partial charge in [-0.3, -0.25) is 19.4 Å². The van der Waals surface area contributed by atoms with Crippen LogP contribution in [-0.2, 0) is 12.1 Å². The standard InChI is InChI=1S/C30H30N2O3/c1-35-27-12-5-2-7-23(27)20-31-15-17-32(18-16-31)30(24-9-6-8-22(19-24)21-13-14-21)28(33)25-10-3-4-11-26(25)29(30)34/h2-12,19,21H,13-18,20H2,1H3. The Labute approximate surface area is 206 Å². The molecule has 0 radical (unpaired) electrons. The first-order chi connectivity index (χ1) is 17.1. The smallest absolute Gasteiger partial charge is 0.196 e. The van der Waals surface area contributed by atoms with Crippen LogP contribution in [0.1, 0.15) is 56.2 Å². The third-order valence-electron chi connectivity index (χ3n) is 7.86. The molecule has 0 bridgehead atoms. The molecule has 2 fully saturated rings. The number of carbonyl (C=O) groups is 2. The predicted molar refractivity (Wildman–Crippen MR) is 135 cm³/mol.